The van der Waals surface area contributed by atoms with Crippen molar-refractivity contribution in [3.05, 3.63) is 23.3 Å². The zero-order valence-electron chi connectivity index (χ0n) is 13.9. The minimum Gasteiger partial charge on any atom is -0.506 e. The van der Waals surface area contributed by atoms with Crippen LogP contribution in [0.4, 0.5) is 5.69 Å². The van der Waals surface area contributed by atoms with Gasteiger partial charge in [-0.2, -0.15) is 0 Å². The minimum atomic E-state index is 0.339. The number of anilines is 1. The number of phenols is 1. The number of piperidine rings is 1. The van der Waals surface area contributed by atoms with Gasteiger partial charge in [-0.15, -0.1) is 0 Å². The first kappa shape index (κ1) is 14.4. The molecule has 2 aliphatic carbocycles. The summed E-state index contributed by atoms with van der Waals surface area (Å²) in [5.74, 6) is 1.23. The van der Waals surface area contributed by atoms with Gasteiger partial charge in [0.2, 0.25) is 0 Å². The minimum absolute atomic E-state index is 0.339. The average molecular weight is 300 g/mol. The second-order valence-electron chi connectivity index (χ2n) is 7.57. The van der Waals surface area contributed by atoms with Gasteiger partial charge in [-0.25, -0.2) is 0 Å². The van der Waals surface area contributed by atoms with Crippen LogP contribution in [0.1, 0.15) is 50.2 Å². The summed E-state index contributed by atoms with van der Waals surface area (Å²) < 4.78 is 0. The molecule has 2 fully saturated rings. The Morgan fingerprint density at radius 1 is 1.32 bits per heavy atom. The lowest BCUT2D eigenvalue weighted by Crippen LogP contribution is -2.59. The van der Waals surface area contributed by atoms with E-state index in [2.05, 4.69) is 36.3 Å². The van der Waals surface area contributed by atoms with Gasteiger partial charge in [0.15, 0.2) is 0 Å². The lowest BCUT2D eigenvalue weighted by Gasteiger charge is -2.58. The highest BCUT2D eigenvalue weighted by atomic mass is 16.3. The third-order valence-corrected chi connectivity index (χ3v) is 6.59. The first-order chi connectivity index (χ1) is 10.7. The number of nitrogens with zero attached hydrogens (tertiary/aromatic N) is 1. The highest BCUT2D eigenvalue weighted by Crippen LogP contribution is 2.56. The molecule has 0 radical (unpaired) electrons. The van der Waals surface area contributed by atoms with Crippen molar-refractivity contribution in [2.75, 3.05) is 25.5 Å². The Labute approximate surface area is 133 Å². The standard InChI is InChI=1S/C19H28N2O/c1-3-20-16-10-13-11-17-14-6-4-5-7-19(14,8-9-21(17)2)15(13)12-18(16)22/h10,12,14,17,20,22H,3-9,11H2,1-2H3/t14-,17-,19-/m1/s1. The van der Waals surface area contributed by atoms with Crippen LogP contribution in [0, 0.1) is 5.92 Å². The molecule has 1 saturated carbocycles. The number of phenolic OH excluding ortho intramolecular Hbond substituents is 1. The number of nitrogens with one attached hydrogen (secondary N) is 1. The van der Waals surface area contributed by atoms with Gasteiger partial charge in [-0.3, -0.25) is 0 Å². The van der Waals surface area contributed by atoms with Gasteiger partial charge in [0.25, 0.3) is 0 Å². The fraction of sp³-hybridized carbons (Fsp3) is 0.684. The van der Waals surface area contributed by atoms with Crippen molar-refractivity contribution in [2.45, 2.75) is 56.9 Å². The van der Waals surface area contributed by atoms with Crippen LogP contribution in [-0.4, -0.2) is 36.2 Å². The first-order valence-electron chi connectivity index (χ1n) is 8.96. The maximum absolute atomic E-state index is 10.5. The molecule has 1 saturated heterocycles. The summed E-state index contributed by atoms with van der Waals surface area (Å²) in [6.07, 6.45) is 7.82. The van der Waals surface area contributed by atoms with E-state index in [1.807, 2.05) is 0 Å². The molecule has 2 bridgehead atoms. The van der Waals surface area contributed by atoms with Crippen molar-refractivity contribution in [2.24, 2.45) is 5.92 Å². The molecule has 4 rings (SSSR count). The fourth-order valence-electron chi connectivity index (χ4n) is 5.58. The number of benzene rings is 1. The van der Waals surface area contributed by atoms with Crippen LogP contribution < -0.4 is 5.32 Å². The maximum atomic E-state index is 10.5. The molecule has 3 heteroatoms. The van der Waals surface area contributed by atoms with E-state index in [0.717, 1.165) is 24.6 Å². The molecule has 3 aliphatic rings. The molecular weight excluding hydrogens is 272 g/mol. The largest absolute Gasteiger partial charge is 0.506 e. The first-order valence-corrected chi connectivity index (χ1v) is 8.96. The molecule has 22 heavy (non-hydrogen) atoms. The normalized spacial score (nSPS) is 33.9. The van der Waals surface area contributed by atoms with E-state index < -0.39 is 0 Å². The molecule has 0 unspecified atom stereocenters. The number of likely N-dealkylation sites (tertiary alicyclic amines) is 1. The second kappa shape index (κ2) is 5.16. The van der Waals surface area contributed by atoms with E-state index in [-0.39, 0.29) is 0 Å². The predicted octanol–water partition coefficient (Wildman–Crippen LogP) is 3.51. The van der Waals surface area contributed by atoms with E-state index >= 15 is 0 Å². The quantitative estimate of drug-likeness (QED) is 0.820. The van der Waals surface area contributed by atoms with Crippen molar-refractivity contribution in [1.82, 2.24) is 4.90 Å². The third-order valence-electron chi connectivity index (χ3n) is 6.59. The summed E-state index contributed by atoms with van der Waals surface area (Å²) in [6, 6.07) is 5.03. The molecule has 0 amide bonds. The Kier molecular flexibility index (Phi) is 3.37. The highest BCUT2D eigenvalue weighted by molar-refractivity contribution is 5.62. The Hall–Kier alpha value is -1.22. The molecule has 120 valence electrons. The van der Waals surface area contributed by atoms with Crippen molar-refractivity contribution in [3.63, 3.8) is 0 Å². The van der Waals surface area contributed by atoms with Gasteiger partial charge in [0, 0.05) is 18.0 Å². The van der Waals surface area contributed by atoms with Crippen LogP contribution in [0.25, 0.3) is 0 Å². The van der Waals surface area contributed by atoms with Gasteiger partial charge >= 0.3 is 0 Å². The summed E-state index contributed by atoms with van der Waals surface area (Å²) in [6.45, 7) is 4.14. The van der Waals surface area contributed by atoms with Crippen molar-refractivity contribution in [1.29, 1.82) is 0 Å². The van der Waals surface area contributed by atoms with Gasteiger partial charge in [0.1, 0.15) is 5.75 Å². The molecule has 1 aliphatic heterocycles. The molecule has 1 heterocycles. The number of hydrogen-bond acceptors (Lipinski definition) is 3. The van der Waals surface area contributed by atoms with Crippen LogP contribution >= 0.6 is 0 Å². The predicted molar refractivity (Wildman–Crippen MR) is 90.6 cm³/mol. The van der Waals surface area contributed by atoms with Crippen molar-refractivity contribution >= 4 is 5.69 Å². The molecule has 3 nitrogen and oxygen atoms in total. The molecule has 1 aromatic rings. The number of fused-ring (bicyclic) bond motifs is 1. The van der Waals surface area contributed by atoms with E-state index in [4.69, 9.17) is 0 Å². The highest BCUT2D eigenvalue weighted by Gasteiger charge is 2.53. The van der Waals surface area contributed by atoms with E-state index in [9.17, 15) is 5.11 Å². The summed E-state index contributed by atoms with van der Waals surface area (Å²) in [4.78, 5) is 2.59. The maximum Gasteiger partial charge on any atom is 0.138 e. The third kappa shape index (κ3) is 1.91. The topological polar surface area (TPSA) is 35.5 Å². The van der Waals surface area contributed by atoms with E-state index in [1.54, 1.807) is 0 Å². The Morgan fingerprint density at radius 2 is 2.18 bits per heavy atom. The lowest BCUT2D eigenvalue weighted by molar-refractivity contribution is 0.00277. The molecule has 2 N–H and O–H groups in total. The Bertz CT molecular complexity index is 585. The number of likely N-dealkylation sites (N-methyl/N-ethyl adjacent to an activating group) is 1. The van der Waals surface area contributed by atoms with Gasteiger partial charge in [0.05, 0.1) is 5.69 Å². The number of aromatic hydroxyl groups is 1. The number of rotatable bonds is 2. The number of hydrogen-bond donors (Lipinski definition) is 2. The SMILES string of the molecule is CCNc1cc2c(cc1O)[C@@]13CCCC[C@@H]1[C@@H](C2)N(C)CC3. The summed E-state index contributed by atoms with van der Waals surface area (Å²) >= 11 is 0. The summed E-state index contributed by atoms with van der Waals surface area (Å²) in [5, 5.41) is 13.8. The molecule has 3 atom stereocenters. The van der Waals surface area contributed by atoms with Crippen LogP contribution in [0.3, 0.4) is 0 Å². The van der Waals surface area contributed by atoms with E-state index in [0.29, 0.717) is 17.2 Å². The fourth-order valence-corrected chi connectivity index (χ4v) is 5.58. The van der Waals surface area contributed by atoms with Crippen LogP contribution in [0.2, 0.25) is 0 Å². The van der Waals surface area contributed by atoms with Crippen LogP contribution in [0.15, 0.2) is 12.1 Å². The summed E-state index contributed by atoms with van der Waals surface area (Å²) in [7, 11) is 2.31. The molecule has 1 aromatic carbocycles. The average Bonchev–Trinajstić information content (AvgIpc) is 2.53. The van der Waals surface area contributed by atoms with Crippen LogP contribution in [-0.2, 0) is 11.8 Å². The molecular formula is C19H28N2O. The van der Waals surface area contributed by atoms with Crippen molar-refractivity contribution < 1.29 is 5.11 Å². The van der Waals surface area contributed by atoms with Crippen LogP contribution in [0.5, 0.6) is 5.75 Å². The van der Waals surface area contributed by atoms with Gasteiger partial charge in [-0.05, 0) is 75.4 Å². The monoisotopic (exact) mass is 300 g/mol. The molecule has 0 aromatic heterocycles. The Balaban J connectivity index is 1.85. The van der Waals surface area contributed by atoms with Gasteiger partial charge < -0.3 is 15.3 Å². The molecule has 0 spiro atoms. The second-order valence-corrected chi connectivity index (χ2v) is 7.57. The smallest absolute Gasteiger partial charge is 0.138 e. The zero-order chi connectivity index (χ0) is 15.3. The van der Waals surface area contributed by atoms with Gasteiger partial charge in [-0.1, -0.05) is 12.8 Å². The zero-order valence-corrected chi connectivity index (χ0v) is 13.9. The lowest BCUT2D eigenvalue weighted by atomic mass is 9.52. The Morgan fingerprint density at radius 3 is 3.00 bits per heavy atom. The summed E-state index contributed by atoms with van der Waals surface area (Å²) in [5.41, 5.74) is 4.20. The van der Waals surface area contributed by atoms with Crippen molar-refractivity contribution in [3.8, 4) is 5.75 Å². The van der Waals surface area contributed by atoms with E-state index in [1.165, 1.54) is 49.8 Å².